The van der Waals surface area contributed by atoms with Crippen molar-refractivity contribution in [1.29, 1.82) is 0 Å². The summed E-state index contributed by atoms with van der Waals surface area (Å²) in [6.07, 6.45) is 0. The highest BCUT2D eigenvalue weighted by atomic mass is 19.1. The largest absolute Gasteiger partial charge is 0.304 e. The van der Waals surface area contributed by atoms with Gasteiger partial charge in [-0.05, 0) is 72.5 Å². The lowest BCUT2D eigenvalue weighted by molar-refractivity contribution is 0.490. The molecule has 33 heavy (non-hydrogen) atoms. The van der Waals surface area contributed by atoms with Crippen LogP contribution in [0.4, 0.5) is 17.6 Å². The Kier molecular flexibility index (Phi) is 6.61. The number of rotatable bonds is 6. The van der Waals surface area contributed by atoms with Gasteiger partial charge in [0.15, 0.2) is 0 Å². The summed E-state index contributed by atoms with van der Waals surface area (Å²) in [5, 5.41) is 3.35. The standard InChI is InChI=1S/C28H23F4N/c1-17(25-15-19(29)11-13-21(25)23-7-3-5-9-27(23)31)33-18(2)26-16-20(30)12-14-22(26)24-8-4-6-10-28(24)32/h3-18,33H,1-2H3. The monoisotopic (exact) mass is 449 g/mol. The average molecular weight is 449 g/mol. The van der Waals surface area contributed by atoms with Gasteiger partial charge in [0.25, 0.3) is 0 Å². The summed E-state index contributed by atoms with van der Waals surface area (Å²) in [6.45, 7) is 3.66. The fraction of sp³-hybridized carbons (Fsp3) is 0.143. The summed E-state index contributed by atoms with van der Waals surface area (Å²) >= 11 is 0. The summed E-state index contributed by atoms with van der Waals surface area (Å²) in [7, 11) is 0. The molecule has 5 heteroatoms. The molecule has 2 unspecified atom stereocenters. The minimum atomic E-state index is -0.441. The zero-order chi connectivity index (χ0) is 23.5. The van der Waals surface area contributed by atoms with Gasteiger partial charge >= 0.3 is 0 Å². The predicted molar refractivity (Wildman–Crippen MR) is 124 cm³/mol. The molecular formula is C28H23F4N. The van der Waals surface area contributed by atoms with Crippen molar-refractivity contribution in [1.82, 2.24) is 5.32 Å². The highest BCUT2D eigenvalue weighted by Gasteiger charge is 2.21. The van der Waals surface area contributed by atoms with Gasteiger partial charge in [0.05, 0.1) is 0 Å². The topological polar surface area (TPSA) is 12.0 Å². The number of hydrogen-bond acceptors (Lipinski definition) is 1. The Morgan fingerprint density at radius 2 is 0.909 bits per heavy atom. The van der Waals surface area contributed by atoms with Crippen LogP contribution in [-0.2, 0) is 0 Å². The van der Waals surface area contributed by atoms with E-state index in [1.165, 1.54) is 36.4 Å². The molecular weight excluding hydrogens is 426 g/mol. The summed E-state index contributed by atoms with van der Waals surface area (Å²) in [6, 6.07) is 20.3. The Morgan fingerprint density at radius 3 is 1.30 bits per heavy atom. The zero-order valence-corrected chi connectivity index (χ0v) is 18.2. The van der Waals surface area contributed by atoms with E-state index in [4.69, 9.17) is 0 Å². The van der Waals surface area contributed by atoms with Gasteiger partial charge in [-0.15, -0.1) is 0 Å². The Labute approximate surface area is 190 Å². The molecule has 1 N–H and O–H groups in total. The van der Waals surface area contributed by atoms with Crippen molar-refractivity contribution < 1.29 is 17.6 Å². The van der Waals surface area contributed by atoms with Crippen LogP contribution in [0.2, 0.25) is 0 Å². The number of nitrogens with one attached hydrogen (secondary N) is 1. The maximum Gasteiger partial charge on any atom is 0.131 e. The summed E-state index contributed by atoms with van der Waals surface area (Å²) in [4.78, 5) is 0. The van der Waals surface area contributed by atoms with Crippen LogP contribution in [0.1, 0.15) is 37.1 Å². The number of halogens is 4. The quantitative estimate of drug-likeness (QED) is 0.294. The van der Waals surface area contributed by atoms with E-state index in [0.29, 0.717) is 33.4 Å². The molecule has 0 saturated heterocycles. The van der Waals surface area contributed by atoms with Crippen LogP contribution in [0.5, 0.6) is 0 Å². The van der Waals surface area contributed by atoms with Crippen LogP contribution in [0.3, 0.4) is 0 Å². The SMILES string of the molecule is CC(NC(C)c1cc(F)ccc1-c1ccccc1F)c1cc(F)ccc1-c1ccccc1F. The molecule has 0 radical (unpaired) electrons. The summed E-state index contributed by atoms with van der Waals surface area (Å²) in [5.74, 6) is -1.69. The average Bonchev–Trinajstić information content (AvgIpc) is 2.80. The van der Waals surface area contributed by atoms with Crippen LogP contribution >= 0.6 is 0 Å². The van der Waals surface area contributed by atoms with E-state index in [1.807, 2.05) is 13.8 Å². The van der Waals surface area contributed by atoms with Crippen LogP contribution in [0.25, 0.3) is 22.3 Å². The van der Waals surface area contributed by atoms with Gasteiger partial charge < -0.3 is 5.32 Å². The molecule has 0 bridgehead atoms. The van der Waals surface area contributed by atoms with Gasteiger partial charge in [0.1, 0.15) is 23.3 Å². The zero-order valence-electron chi connectivity index (χ0n) is 18.2. The van der Waals surface area contributed by atoms with E-state index in [0.717, 1.165) is 0 Å². The first-order valence-electron chi connectivity index (χ1n) is 10.7. The van der Waals surface area contributed by atoms with E-state index >= 15 is 0 Å². The van der Waals surface area contributed by atoms with Crippen LogP contribution in [0, 0.1) is 23.3 Å². The number of benzene rings is 4. The van der Waals surface area contributed by atoms with Gasteiger partial charge in [0, 0.05) is 23.2 Å². The van der Waals surface area contributed by atoms with Crippen LogP contribution < -0.4 is 5.32 Å². The fourth-order valence-corrected chi connectivity index (χ4v) is 4.19. The van der Waals surface area contributed by atoms with Gasteiger partial charge in [-0.3, -0.25) is 0 Å². The molecule has 0 aliphatic heterocycles. The van der Waals surface area contributed by atoms with Crippen molar-refractivity contribution in [2.24, 2.45) is 0 Å². The van der Waals surface area contributed by atoms with E-state index in [2.05, 4.69) is 5.32 Å². The molecule has 0 spiro atoms. The van der Waals surface area contributed by atoms with Crippen LogP contribution in [-0.4, -0.2) is 0 Å². The Hall–Kier alpha value is -3.44. The highest BCUT2D eigenvalue weighted by molar-refractivity contribution is 5.70. The lowest BCUT2D eigenvalue weighted by Crippen LogP contribution is -2.24. The smallest absolute Gasteiger partial charge is 0.131 e. The molecule has 0 fully saturated rings. The Bertz CT molecular complexity index is 1190. The minimum absolute atomic E-state index is 0.367. The van der Waals surface area contributed by atoms with Crippen molar-refractivity contribution in [2.75, 3.05) is 0 Å². The molecule has 0 amide bonds. The third-order valence-electron chi connectivity index (χ3n) is 5.79. The van der Waals surface area contributed by atoms with E-state index in [1.54, 1.807) is 48.5 Å². The molecule has 0 aliphatic rings. The molecule has 0 saturated carbocycles. The van der Waals surface area contributed by atoms with Crippen LogP contribution in [0.15, 0.2) is 84.9 Å². The van der Waals surface area contributed by atoms with Crippen molar-refractivity contribution in [2.45, 2.75) is 25.9 Å². The Balaban J connectivity index is 1.71. The first kappa shape index (κ1) is 22.7. The maximum atomic E-state index is 14.5. The van der Waals surface area contributed by atoms with E-state index in [9.17, 15) is 17.6 Å². The normalized spacial score (nSPS) is 13.0. The van der Waals surface area contributed by atoms with E-state index in [-0.39, 0.29) is 0 Å². The molecule has 0 aromatic heterocycles. The van der Waals surface area contributed by atoms with Crippen molar-refractivity contribution in [3.05, 3.63) is 119 Å². The molecule has 0 heterocycles. The molecule has 1 nitrogen and oxygen atoms in total. The van der Waals surface area contributed by atoms with Gasteiger partial charge in [-0.1, -0.05) is 48.5 Å². The molecule has 0 aliphatic carbocycles. The Morgan fingerprint density at radius 1 is 0.515 bits per heavy atom. The second-order valence-electron chi connectivity index (χ2n) is 8.03. The predicted octanol–water partition coefficient (Wildman–Crippen LogP) is 7.99. The second-order valence-corrected chi connectivity index (χ2v) is 8.03. The summed E-state index contributed by atoms with van der Waals surface area (Å²) in [5.41, 5.74) is 3.00. The van der Waals surface area contributed by atoms with Crippen molar-refractivity contribution >= 4 is 0 Å². The molecule has 4 aromatic rings. The molecule has 168 valence electrons. The first-order chi connectivity index (χ1) is 15.8. The number of hydrogen-bond donors (Lipinski definition) is 1. The highest BCUT2D eigenvalue weighted by Crippen LogP contribution is 2.35. The van der Waals surface area contributed by atoms with Crippen molar-refractivity contribution in [3.63, 3.8) is 0 Å². The third kappa shape index (κ3) is 4.83. The van der Waals surface area contributed by atoms with Gasteiger partial charge in [0.2, 0.25) is 0 Å². The molecule has 2 atom stereocenters. The van der Waals surface area contributed by atoms with Gasteiger partial charge in [-0.25, -0.2) is 17.6 Å². The lowest BCUT2D eigenvalue weighted by Gasteiger charge is -2.25. The lowest BCUT2D eigenvalue weighted by atomic mass is 9.92. The van der Waals surface area contributed by atoms with Crippen molar-refractivity contribution in [3.8, 4) is 22.3 Å². The van der Waals surface area contributed by atoms with E-state index < -0.39 is 35.4 Å². The molecule has 4 rings (SSSR count). The third-order valence-corrected chi connectivity index (χ3v) is 5.79. The second kappa shape index (κ2) is 9.59. The fourth-order valence-electron chi connectivity index (χ4n) is 4.19. The minimum Gasteiger partial charge on any atom is -0.304 e. The first-order valence-corrected chi connectivity index (χ1v) is 10.7. The van der Waals surface area contributed by atoms with Gasteiger partial charge in [-0.2, -0.15) is 0 Å². The maximum absolute atomic E-state index is 14.5. The summed E-state index contributed by atoms with van der Waals surface area (Å²) < 4.78 is 57.3. The molecule has 4 aromatic carbocycles.